The number of benzene rings is 2. The van der Waals surface area contributed by atoms with Crippen LogP contribution in [0.3, 0.4) is 0 Å². The van der Waals surface area contributed by atoms with Crippen molar-refractivity contribution in [2.24, 2.45) is 0 Å². The van der Waals surface area contributed by atoms with Crippen molar-refractivity contribution in [1.82, 2.24) is 5.32 Å². The van der Waals surface area contributed by atoms with Crippen LogP contribution >= 0.6 is 0 Å². The van der Waals surface area contributed by atoms with Gasteiger partial charge in [-0.1, -0.05) is 6.07 Å². The van der Waals surface area contributed by atoms with Gasteiger partial charge in [0.25, 0.3) is 0 Å². The van der Waals surface area contributed by atoms with E-state index in [1.54, 1.807) is 36.4 Å². The monoisotopic (exact) mass is 719 g/mol. The fraction of sp³-hybridized carbons (Fsp3) is 0.528. The first kappa shape index (κ1) is 42.1. The molecule has 14 heteroatoms. The molecule has 0 aliphatic carbocycles. The van der Waals surface area contributed by atoms with Gasteiger partial charge >= 0.3 is 26.8 Å². The predicted octanol–water partition coefficient (Wildman–Crippen LogP) is 6.60. The molecule has 0 aliphatic rings. The van der Waals surface area contributed by atoms with Crippen LogP contribution in [-0.4, -0.2) is 87.2 Å². The highest BCUT2D eigenvalue weighted by molar-refractivity contribution is 6.60. The lowest BCUT2D eigenvalue weighted by Gasteiger charge is -2.28. The second kappa shape index (κ2) is 24.1. The van der Waals surface area contributed by atoms with Crippen LogP contribution in [0.2, 0.25) is 6.04 Å². The molecule has 0 bridgehead atoms. The van der Waals surface area contributed by atoms with Crippen molar-refractivity contribution in [1.29, 1.82) is 0 Å². The number of carbonyl (C=O) groups is 3. The number of methoxy groups -OCH3 is 2. The molecular weight excluding hydrogens is 666 g/mol. The molecule has 1 N–H and O–H groups in total. The molecule has 0 atom stereocenters. The van der Waals surface area contributed by atoms with Crippen molar-refractivity contribution >= 4 is 32.9 Å². The van der Waals surface area contributed by atoms with Crippen LogP contribution in [0.4, 0.5) is 4.79 Å². The molecule has 2 rings (SSSR count). The number of hydrogen-bond donors (Lipinski definition) is 1. The van der Waals surface area contributed by atoms with Crippen molar-refractivity contribution in [3.63, 3.8) is 0 Å². The molecule has 0 heterocycles. The van der Waals surface area contributed by atoms with Gasteiger partial charge in [-0.15, -0.1) is 0 Å². The molecular formula is C36H53NO12Si. The van der Waals surface area contributed by atoms with Crippen LogP contribution in [0, 0.1) is 0 Å². The third-order valence-corrected chi connectivity index (χ3v) is 10.2. The highest BCUT2D eigenvalue weighted by Gasteiger charge is 2.39. The second-order valence-corrected chi connectivity index (χ2v) is 13.4. The Morgan fingerprint density at radius 2 is 1.34 bits per heavy atom. The van der Waals surface area contributed by atoms with Crippen LogP contribution in [0.25, 0.3) is 6.08 Å². The Morgan fingerprint density at radius 3 is 1.96 bits per heavy atom. The van der Waals surface area contributed by atoms with Crippen molar-refractivity contribution in [2.75, 3.05) is 60.4 Å². The summed E-state index contributed by atoms with van der Waals surface area (Å²) in [6.45, 7) is 10.5. The number of hydrogen-bond acceptors (Lipinski definition) is 12. The molecule has 2 aromatic carbocycles. The summed E-state index contributed by atoms with van der Waals surface area (Å²) >= 11 is 0. The Labute approximate surface area is 296 Å². The third-order valence-electron chi connectivity index (χ3n) is 7.04. The normalized spacial score (nSPS) is 11.2. The number of amides is 1. The third kappa shape index (κ3) is 15.2. The number of nitrogens with one attached hydrogen (secondary N) is 1. The summed E-state index contributed by atoms with van der Waals surface area (Å²) in [5, 5.41) is 2.76. The summed E-state index contributed by atoms with van der Waals surface area (Å²) in [5.41, 5.74) is 0.944. The topological polar surface area (TPSA) is 146 Å². The molecule has 0 spiro atoms. The molecule has 0 aliphatic heterocycles. The fourth-order valence-corrected chi connectivity index (χ4v) is 7.37. The maximum absolute atomic E-state index is 12.8. The van der Waals surface area contributed by atoms with E-state index in [0.717, 1.165) is 12.8 Å². The largest absolute Gasteiger partial charge is 0.500 e. The van der Waals surface area contributed by atoms with Gasteiger partial charge in [0.15, 0.2) is 23.0 Å². The Hall–Kier alpha value is -4.11. The molecule has 0 saturated heterocycles. The second-order valence-electron chi connectivity index (χ2n) is 10.7. The molecule has 13 nitrogen and oxygen atoms in total. The Bertz CT molecular complexity index is 1340. The van der Waals surface area contributed by atoms with Crippen LogP contribution in [0.5, 0.6) is 23.0 Å². The molecule has 1 amide bonds. The number of ether oxygens (including phenoxy) is 6. The van der Waals surface area contributed by atoms with E-state index in [1.807, 2.05) is 27.7 Å². The molecule has 50 heavy (non-hydrogen) atoms. The SMILES string of the molecule is CCOc1cc(/C=C/C(=O)OCCCCCCOC(=O)NCCC[Si](OCC)(OCC)OCC)ccc1OC(=O)c1ccc(OC)c(OC)c1. The minimum absolute atomic E-state index is 0.235. The van der Waals surface area contributed by atoms with E-state index in [2.05, 4.69) is 5.32 Å². The smallest absolute Gasteiger partial charge is 0.493 e. The van der Waals surface area contributed by atoms with Crippen molar-refractivity contribution in [3.05, 3.63) is 53.6 Å². The maximum Gasteiger partial charge on any atom is 0.500 e. The quantitative estimate of drug-likeness (QED) is 0.0388. The molecule has 0 radical (unpaired) electrons. The average Bonchev–Trinajstić information content (AvgIpc) is 3.11. The lowest BCUT2D eigenvalue weighted by molar-refractivity contribution is -0.137. The predicted molar refractivity (Wildman–Crippen MR) is 190 cm³/mol. The number of rotatable bonds is 25. The van der Waals surface area contributed by atoms with Crippen LogP contribution in [0.1, 0.15) is 75.7 Å². The molecule has 0 unspecified atom stereocenters. The molecule has 2 aromatic rings. The highest BCUT2D eigenvalue weighted by atomic mass is 28.4. The van der Waals surface area contributed by atoms with Gasteiger partial charge in [-0.3, -0.25) is 0 Å². The van der Waals surface area contributed by atoms with Crippen LogP contribution in [-0.2, 0) is 27.5 Å². The lowest BCUT2D eigenvalue weighted by Crippen LogP contribution is -2.46. The van der Waals surface area contributed by atoms with E-state index in [9.17, 15) is 14.4 Å². The van der Waals surface area contributed by atoms with Gasteiger partial charge in [0.05, 0.1) is 39.6 Å². The summed E-state index contributed by atoms with van der Waals surface area (Å²) in [4.78, 5) is 37.1. The van der Waals surface area contributed by atoms with Gasteiger partial charge in [0.2, 0.25) is 0 Å². The van der Waals surface area contributed by atoms with E-state index in [4.69, 9.17) is 41.7 Å². The van der Waals surface area contributed by atoms with Crippen molar-refractivity contribution < 1.29 is 56.1 Å². The van der Waals surface area contributed by atoms with Crippen molar-refractivity contribution in [2.45, 2.75) is 65.8 Å². The maximum atomic E-state index is 12.8. The van der Waals surface area contributed by atoms with E-state index < -0.39 is 26.8 Å². The summed E-state index contributed by atoms with van der Waals surface area (Å²) in [5.74, 6) is 0.415. The molecule has 0 aromatic heterocycles. The van der Waals surface area contributed by atoms with Gasteiger partial charge in [-0.25, -0.2) is 14.4 Å². The van der Waals surface area contributed by atoms with Gasteiger partial charge in [-0.2, -0.15) is 0 Å². The first-order valence-corrected chi connectivity index (χ1v) is 19.1. The summed E-state index contributed by atoms with van der Waals surface area (Å²) in [7, 11) is 0.277. The van der Waals surface area contributed by atoms with Gasteiger partial charge in [-0.05, 0) is 102 Å². The Kier molecular flexibility index (Phi) is 20.3. The van der Waals surface area contributed by atoms with E-state index in [-0.39, 0.29) is 17.9 Å². The molecule has 278 valence electrons. The zero-order valence-electron chi connectivity index (χ0n) is 30.2. The number of carbonyl (C=O) groups excluding carboxylic acids is 3. The zero-order valence-corrected chi connectivity index (χ0v) is 31.2. The summed E-state index contributed by atoms with van der Waals surface area (Å²) in [6.07, 6.45) is 6.18. The number of esters is 2. The number of alkyl carbamates (subject to hydrolysis) is 1. The summed E-state index contributed by atoms with van der Waals surface area (Å²) < 4.78 is 49.8. The van der Waals surface area contributed by atoms with Crippen LogP contribution in [0.15, 0.2) is 42.5 Å². The van der Waals surface area contributed by atoms with E-state index in [1.165, 1.54) is 26.4 Å². The minimum atomic E-state index is -2.72. The summed E-state index contributed by atoms with van der Waals surface area (Å²) in [6, 6.07) is 10.3. The average molecular weight is 720 g/mol. The van der Waals surface area contributed by atoms with E-state index in [0.29, 0.717) is 87.7 Å². The van der Waals surface area contributed by atoms with E-state index >= 15 is 0 Å². The Morgan fingerprint density at radius 1 is 0.700 bits per heavy atom. The molecule has 0 fully saturated rings. The first-order valence-electron chi connectivity index (χ1n) is 17.1. The van der Waals surface area contributed by atoms with Gasteiger partial charge in [0.1, 0.15) is 0 Å². The van der Waals surface area contributed by atoms with Crippen LogP contribution < -0.4 is 24.3 Å². The fourth-order valence-electron chi connectivity index (χ4n) is 4.76. The van der Waals surface area contributed by atoms with Gasteiger partial charge < -0.3 is 47.0 Å². The lowest BCUT2D eigenvalue weighted by atomic mass is 10.1. The zero-order chi connectivity index (χ0) is 36.6. The minimum Gasteiger partial charge on any atom is -0.493 e. The Balaban J connectivity index is 1.67. The highest BCUT2D eigenvalue weighted by Crippen LogP contribution is 2.32. The van der Waals surface area contributed by atoms with Crippen molar-refractivity contribution in [3.8, 4) is 23.0 Å². The standard InChI is InChI=1S/C36H53NO12Si/c1-7-43-33-26-28(16-19-31(33)49-35(39)29-18-20-30(41-5)32(27-29)42-6)17-21-34(38)44-23-13-11-12-14-24-45-36(40)37-22-15-25-50(46-8-2,47-9-3)48-10-4/h16-21,26-27H,7-15,22-25H2,1-6H3,(H,37,40)/b21-17+. The first-order chi connectivity index (χ1) is 24.2. The molecule has 0 saturated carbocycles. The van der Waals surface area contributed by atoms with Gasteiger partial charge in [0, 0.05) is 38.5 Å². The number of unbranched alkanes of at least 4 members (excludes halogenated alkanes) is 3.